The first-order valence-corrected chi connectivity index (χ1v) is 15.3. The summed E-state index contributed by atoms with van der Waals surface area (Å²) in [4.78, 5) is 55.1. The lowest BCUT2D eigenvalue weighted by atomic mass is 9.96. The van der Waals surface area contributed by atoms with Crippen molar-refractivity contribution >= 4 is 24.0 Å². The smallest absolute Gasteiger partial charge is 0.410 e. The fourth-order valence-corrected chi connectivity index (χ4v) is 5.52. The third-order valence-corrected chi connectivity index (χ3v) is 7.55. The molecule has 0 bridgehead atoms. The lowest BCUT2D eigenvalue weighted by molar-refractivity contribution is -0.131. The van der Waals surface area contributed by atoms with E-state index >= 15 is 0 Å². The van der Waals surface area contributed by atoms with E-state index < -0.39 is 29.4 Å². The Bertz CT molecular complexity index is 1360. The summed E-state index contributed by atoms with van der Waals surface area (Å²) in [5.41, 5.74) is 2.81. The molecule has 2 aliphatic heterocycles. The van der Waals surface area contributed by atoms with Gasteiger partial charge in [-0.05, 0) is 89.5 Å². The summed E-state index contributed by atoms with van der Waals surface area (Å²) >= 11 is 0. The van der Waals surface area contributed by atoms with Gasteiger partial charge < -0.3 is 20.1 Å². The van der Waals surface area contributed by atoms with E-state index in [0.717, 1.165) is 28.7 Å². The molecule has 3 atom stereocenters. The topological polar surface area (TPSA) is 117 Å². The van der Waals surface area contributed by atoms with Crippen LogP contribution in [0.25, 0.3) is 0 Å². The summed E-state index contributed by atoms with van der Waals surface area (Å²) in [7, 11) is 0. The number of fused-ring (bicyclic) bond motifs is 1. The normalized spacial score (nSPS) is 18.8. The number of benzene rings is 2. The summed E-state index contributed by atoms with van der Waals surface area (Å²) in [5, 5.41) is 5.70. The summed E-state index contributed by atoms with van der Waals surface area (Å²) in [6.45, 7) is 14.1. The van der Waals surface area contributed by atoms with Crippen molar-refractivity contribution in [2.75, 3.05) is 6.54 Å². The third kappa shape index (κ3) is 8.97. The highest BCUT2D eigenvalue weighted by Crippen LogP contribution is 2.29. The largest absolute Gasteiger partial charge is 0.444 e. The van der Waals surface area contributed by atoms with Crippen molar-refractivity contribution in [3.8, 4) is 0 Å². The van der Waals surface area contributed by atoms with Crippen molar-refractivity contribution in [2.24, 2.45) is 5.92 Å². The Hall–Kier alpha value is -4.08. The van der Waals surface area contributed by atoms with Gasteiger partial charge in [-0.1, -0.05) is 48.5 Å². The summed E-state index contributed by atoms with van der Waals surface area (Å²) < 4.78 is 11.1. The highest BCUT2D eigenvalue weighted by atomic mass is 16.6. The van der Waals surface area contributed by atoms with Crippen LogP contribution >= 0.6 is 0 Å². The number of hydrogen-bond acceptors (Lipinski definition) is 6. The molecule has 0 saturated carbocycles. The Kier molecular flexibility index (Phi) is 9.91. The van der Waals surface area contributed by atoms with Crippen LogP contribution in [-0.2, 0) is 45.1 Å². The molecule has 238 valence electrons. The van der Waals surface area contributed by atoms with Crippen LogP contribution in [0.5, 0.6) is 0 Å². The molecule has 2 N–H and O–H groups in total. The second kappa shape index (κ2) is 13.3. The van der Waals surface area contributed by atoms with Crippen LogP contribution < -0.4 is 10.6 Å². The van der Waals surface area contributed by atoms with Gasteiger partial charge >= 0.3 is 12.2 Å². The Morgan fingerprint density at radius 1 is 0.864 bits per heavy atom. The average molecular weight is 607 g/mol. The van der Waals surface area contributed by atoms with Crippen LogP contribution in [-0.4, -0.2) is 63.6 Å². The molecule has 0 unspecified atom stereocenters. The highest BCUT2D eigenvalue weighted by Gasteiger charge is 2.42. The highest BCUT2D eigenvalue weighted by molar-refractivity contribution is 5.91. The van der Waals surface area contributed by atoms with Crippen molar-refractivity contribution in [1.82, 2.24) is 20.4 Å². The number of nitrogens with zero attached hydrogens (tertiary/aromatic N) is 2. The Morgan fingerprint density at radius 2 is 1.50 bits per heavy atom. The zero-order chi connectivity index (χ0) is 32.2. The van der Waals surface area contributed by atoms with Gasteiger partial charge in [-0.3, -0.25) is 19.4 Å². The second-order valence-corrected chi connectivity index (χ2v) is 13.8. The quantitative estimate of drug-likeness (QED) is 0.462. The number of carbonyl (C=O) groups excluding carboxylic acids is 4. The van der Waals surface area contributed by atoms with Crippen LogP contribution in [0.15, 0.2) is 48.5 Å². The van der Waals surface area contributed by atoms with Crippen molar-refractivity contribution in [3.63, 3.8) is 0 Å². The molecular weight excluding hydrogens is 560 g/mol. The second-order valence-electron chi connectivity index (χ2n) is 13.8. The molecule has 10 heteroatoms. The van der Waals surface area contributed by atoms with Gasteiger partial charge in [0.15, 0.2) is 0 Å². The first-order chi connectivity index (χ1) is 20.6. The van der Waals surface area contributed by atoms with E-state index in [4.69, 9.17) is 9.47 Å². The first kappa shape index (κ1) is 32.8. The summed E-state index contributed by atoms with van der Waals surface area (Å²) in [6.07, 6.45) is 0.319. The number of hydrogen-bond donors (Lipinski definition) is 2. The number of ether oxygens (including phenoxy) is 2. The number of carbonyl (C=O) groups is 4. The number of likely N-dealkylation sites (tertiary alicyclic amines) is 1. The number of amides is 4. The maximum absolute atomic E-state index is 13.4. The maximum Gasteiger partial charge on any atom is 0.410 e. The number of nitrogens with one attached hydrogen (secondary N) is 2. The average Bonchev–Trinajstić information content (AvgIpc) is 3.55. The molecule has 0 aliphatic carbocycles. The fraction of sp³-hybridized carbons (Fsp3) is 0.529. The van der Waals surface area contributed by atoms with Gasteiger partial charge in [-0.15, -0.1) is 0 Å². The molecule has 2 heterocycles. The zero-order valence-corrected chi connectivity index (χ0v) is 26.9. The standard InChI is InChI=1S/C34H46N4O6/c1-22(29(39)35-18-24-13-14-26-20-37(21-27(26)16-24)31(41)43-33(2,3)4)36-30(40)28-17-25(15-23-11-9-8-10-12-23)19-38(28)32(42)44-34(5,6)7/h8-14,16,22,25,28H,15,17-21H2,1-7H3,(H,35,39)(H,36,40)/t22-,25-,28+/m0/s1. The molecule has 0 aromatic heterocycles. The van der Waals surface area contributed by atoms with Crippen molar-refractivity contribution in [1.29, 1.82) is 0 Å². The molecule has 4 rings (SSSR count). The van der Waals surface area contributed by atoms with Gasteiger partial charge in [0.1, 0.15) is 23.3 Å². The molecule has 1 saturated heterocycles. The fourth-order valence-electron chi connectivity index (χ4n) is 5.52. The molecule has 0 spiro atoms. The zero-order valence-electron chi connectivity index (χ0n) is 26.9. The minimum atomic E-state index is -0.812. The molecular formula is C34H46N4O6. The Balaban J connectivity index is 1.33. The molecule has 1 fully saturated rings. The van der Waals surface area contributed by atoms with Crippen molar-refractivity contribution in [2.45, 2.75) is 104 Å². The van der Waals surface area contributed by atoms with Gasteiger partial charge in [0.05, 0.1) is 0 Å². The first-order valence-electron chi connectivity index (χ1n) is 15.3. The van der Waals surface area contributed by atoms with E-state index in [1.54, 1.807) is 32.6 Å². The van der Waals surface area contributed by atoms with Gasteiger partial charge in [-0.2, -0.15) is 0 Å². The van der Waals surface area contributed by atoms with Crippen LogP contribution in [0.4, 0.5) is 9.59 Å². The molecule has 4 amide bonds. The van der Waals surface area contributed by atoms with Crippen LogP contribution in [0.1, 0.15) is 77.1 Å². The minimum Gasteiger partial charge on any atom is -0.444 e. The van der Waals surface area contributed by atoms with Gasteiger partial charge in [0.25, 0.3) is 0 Å². The van der Waals surface area contributed by atoms with E-state index in [1.807, 2.05) is 69.3 Å². The maximum atomic E-state index is 13.4. The molecule has 0 radical (unpaired) electrons. The monoisotopic (exact) mass is 606 g/mol. The van der Waals surface area contributed by atoms with Crippen molar-refractivity contribution < 1.29 is 28.7 Å². The van der Waals surface area contributed by atoms with Gasteiger partial charge in [0, 0.05) is 26.2 Å². The Labute approximate surface area is 260 Å². The molecule has 44 heavy (non-hydrogen) atoms. The van der Waals surface area contributed by atoms with Crippen LogP contribution in [0.2, 0.25) is 0 Å². The minimum absolute atomic E-state index is 0.0795. The van der Waals surface area contributed by atoms with E-state index in [2.05, 4.69) is 10.6 Å². The van der Waals surface area contributed by atoms with E-state index in [1.165, 1.54) is 4.90 Å². The van der Waals surface area contributed by atoms with Crippen molar-refractivity contribution in [3.05, 3.63) is 70.8 Å². The molecule has 10 nitrogen and oxygen atoms in total. The van der Waals surface area contributed by atoms with E-state index in [-0.39, 0.29) is 30.4 Å². The van der Waals surface area contributed by atoms with Gasteiger partial charge in [0.2, 0.25) is 11.8 Å². The third-order valence-electron chi connectivity index (χ3n) is 7.55. The molecule has 2 aliphatic rings. The molecule has 2 aromatic rings. The Morgan fingerprint density at radius 3 is 2.16 bits per heavy atom. The SMILES string of the molecule is C[C@H](NC(=O)[C@H]1C[C@H](Cc2ccccc2)CN1C(=O)OC(C)(C)C)C(=O)NCc1ccc2c(c1)CN(C(=O)OC(C)(C)C)C2. The predicted molar refractivity (Wildman–Crippen MR) is 166 cm³/mol. The number of rotatable bonds is 7. The lowest BCUT2D eigenvalue weighted by Crippen LogP contribution is -2.52. The molecule has 2 aromatic carbocycles. The predicted octanol–water partition coefficient (Wildman–Crippen LogP) is 4.93. The van der Waals surface area contributed by atoms with E-state index in [0.29, 0.717) is 26.1 Å². The lowest BCUT2D eigenvalue weighted by Gasteiger charge is -2.28. The van der Waals surface area contributed by atoms with E-state index in [9.17, 15) is 19.2 Å². The van der Waals surface area contributed by atoms with Crippen LogP contribution in [0.3, 0.4) is 0 Å². The van der Waals surface area contributed by atoms with Crippen LogP contribution in [0, 0.1) is 5.92 Å². The summed E-state index contributed by atoms with van der Waals surface area (Å²) in [5.74, 6) is -0.637. The summed E-state index contributed by atoms with van der Waals surface area (Å²) in [6, 6.07) is 14.3. The van der Waals surface area contributed by atoms with Gasteiger partial charge in [-0.25, -0.2) is 9.59 Å².